The minimum Gasteiger partial charge on any atom is -0.354 e. The number of fused-ring (bicyclic) bond motifs is 1. The molecular formula is C22H24N8OS. The highest BCUT2D eigenvalue weighted by molar-refractivity contribution is 7.17. The molecule has 4 heterocycles. The summed E-state index contributed by atoms with van der Waals surface area (Å²) in [6.07, 6.45) is 3.30. The van der Waals surface area contributed by atoms with Gasteiger partial charge in [0.25, 0.3) is 5.91 Å². The number of benzene rings is 1. The van der Waals surface area contributed by atoms with Crippen molar-refractivity contribution in [1.82, 2.24) is 25.1 Å². The lowest BCUT2D eigenvalue weighted by atomic mass is 10.1. The Kier molecular flexibility index (Phi) is 5.46. The Labute approximate surface area is 189 Å². The zero-order valence-corrected chi connectivity index (χ0v) is 18.7. The third-order valence-corrected chi connectivity index (χ3v) is 6.51. The molecule has 4 aromatic rings. The zero-order chi connectivity index (χ0) is 22.1. The molecule has 1 amide bonds. The molecule has 0 atom stereocenters. The predicted octanol–water partition coefficient (Wildman–Crippen LogP) is 3.47. The first kappa shape index (κ1) is 20.4. The maximum absolute atomic E-state index is 12.9. The standard InChI is InChI=1S/C22H24N8OS/c1-14-6-7-16-15(12-24-28-16)20(14)27-21(31)17-13-23-22(32-17)26-18-4-3-5-19(25-18)30-10-8-29(2)9-11-30/h3-7,12-13H,8-11H2,1-2H3,(H,24,28)(H,27,31)(H,23,25,26). The molecule has 1 aromatic carbocycles. The van der Waals surface area contributed by atoms with E-state index in [1.807, 2.05) is 37.3 Å². The number of hydrogen-bond acceptors (Lipinski definition) is 8. The largest absolute Gasteiger partial charge is 0.354 e. The number of piperazine rings is 1. The second-order valence-corrected chi connectivity index (χ2v) is 8.90. The Balaban J connectivity index is 1.29. The molecule has 1 aliphatic rings. The van der Waals surface area contributed by atoms with E-state index in [4.69, 9.17) is 4.98 Å². The van der Waals surface area contributed by atoms with Crippen molar-refractivity contribution in [1.29, 1.82) is 0 Å². The summed E-state index contributed by atoms with van der Waals surface area (Å²) in [5.74, 6) is 1.45. The summed E-state index contributed by atoms with van der Waals surface area (Å²) in [5.41, 5.74) is 2.61. The van der Waals surface area contributed by atoms with Crippen LogP contribution in [-0.2, 0) is 0 Å². The highest BCUT2D eigenvalue weighted by atomic mass is 32.1. The van der Waals surface area contributed by atoms with Crippen LogP contribution in [0.25, 0.3) is 10.9 Å². The van der Waals surface area contributed by atoms with Gasteiger partial charge in [0.05, 0.1) is 23.6 Å². The first-order valence-corrected chi connectivity index (χ1v) is 11.3. The van der Waals surface area contributed by atoms with Crippen LogP contribution in [0.3, 0.4) is 0 Å². The van der Waals surface area contributed by atoms with Crippen molar-refractivity contribution in [3.05, 3.63) is 53.2 Å². The van der Waals surface area contributed by atoms with E-state index >= 15 is 0 Å². The topological polar surface area (TPSA) is 102 Å². The van der Waals surface area contributed by atoms with E-state index in [1.165, 1.54) is 11.3 Å². The number of likely N-dealkylation sites (N-methyl/N-ethyl adjacent to an activating group) is 1. The molecule has 0 bridgehead atoms. The molecule has 0 saturated carbocycles. The fourth-order valence-electron chi connectivity index (χ4n) is 3.72. The summed E-state index contributed by atoms with van der Waals surface area (Å²) in [6, 6.07) is 9.82. The van der Waals surface area contributed by atoms with Crippen molar-refractivity contribution >= 4 is 50.6 Å². The van der Waals surface area contributed by atoms with Gasteiger partial charge in [-0.3, -0.25) is 9.89 Å². The van der Waals surface area contributed by atoms with Gasteiger partial charge in [0.15, 0.2) is 5.13 Å². The van der Waals surface area contributed by atoms with Crippen molar-refractivity contribution in [2.45, 2.75) is 6.92 Å². The molecule has 9 nitrogen and oxygen atoms in total. The van der Waals surface area contributed by atoms with E-state index in [0.29, 0.717) is 15.8 Å². The number of rotatable bonds is 5. The molecule has 5 rings (SSSR count). The van der Waals surface area contributed by atoms with Crippen molar-refractivity contribution < 1.29 is 4.79 Å². The van der Waals surface area contributed by atoms with Gasteiger partial charge in [-0.1, -0.05) is 23.5 Å². The van der Waals surface area contributed by atoms with Crippen LogP contribution in [0.2, 0.25) is 0 Å². The van der Waals surface area contributed by atoms with Gasteiger partial charge in [0.2, 0.25) is 0 Å². The summed E-state index contributed by atoms with van der Waals surface area (Å²) < 4.78 is 0. The van der Waals surface area contributed by atoms with Crippen LogP contribution < -0.4 is 15.5 Å². The van der Waals surface area contributed by atoms with Crippen LogP contribution in [0.15, 0.2) is 42.7 Å². The second kappa shape index (κ2) is 8.56. The van der Waals surface area contributed by atoms with Gasteiger partial charge in [-0.2, -0.15) is 5.10 Å². The minimum absolute atomic E-state index is 0.202. The number of pyridine rings is 1. The average molecular weight is 449 g/mol. The molecule has 0 radical (unpaired) electrons. The predicted molar refractivity (Wildman–Crippen MR) is 128 cm³/mol. The van der Waals surface area contributed by atoms with Crippen LogP contribution in [0.1, 0.15) is 15.2 Å². The number of amides is 1. The molecule has 1 fully saturated rings. The van der Waals surface area contributed by atoms with Gasteiger partial charge < -0.3 is 20.4 Å². The molecule has 10 heteroatoms. The lowest BCUT2D eigenvalue weighted by molar-refractivity contribution is 0.103. The Morgan fingerprint density at radius 3 is 2.81 bits per heavy atom. The number of nitrogens with one attached hydrogen (secondary N) is 3. The van der Waals surface area contributed by atoms with Gasteiger partial charge >= 0.3 is 0 Å². The van der Waals surface area contributed by atoms with E-state index in [1.54, 1.807) is 12.4 Å². The molecule has 32 heavy (non-hydrogen) atoms. The number of aromatic amines is 1. The maximum atomic E-state index is 12.9. The van der Waals surface area contributed by atoms with Crippen LogP contribution in [0.5, 0.6) is 0 Å². The van der Waals surface area contributed by atoms with E-state index < -0.39 is 0 Å². The van der Waals surface area contributed by atoms with Crippen LogP contribution in [-0.4, -0.2) is 64.2 Å². The third-order valence-electron chi connectivity index (χ3n) is 5.60. The number of aryl methyl sites for hydroxylation is 1. The Morgan fingerprint density at radius 2 is 1.97 bits per heavy atom. The molecule has 1 saturated heterocycles. The van der Waals surface area contributed by atoms with E-state index in [9.17, 15) is 4.79 Å². The van der Waals surface area contributed by atoms with Crippen LogP contribution in [0.4, 0.5) is 22.5 Å². The van der Waals surface area contributed by atoms with Crippen molar-refractivity contribution in [2.75, 3.05) is 48.8 Å². The number of carbonyl (C=O) groups excluding carboxylic acids is 1. The lowest BCUT2D eigenvalue weighted by Gasteiger charge is -2.33. The average Bonchev–Trinajstić information content (AvgIpc) is 3.46. The monoisotopic (exact) mass is 448 g/mol. The molecule has 1 aliphatic heterocycles. The highest BCUT2D eigenvalue weighted by Crippen LogP contribution is 2.28. The van der Waals surface area contributed by atoms with Gasteiger partial charge in [-0.25, -0.2) is 9.97 Å². The Hall–Kier alpha value is -3.50. The first-order valence-electron chi connectivity index (χ1n) is 10.4. The SMILES string of the molecule is Cc1ccc2[nH]ncc2c1NC(=O)c1cnc(Nc2cccc(N3CCN(C)CC3)n2)s1. The number of carbonyl (C=O) groups is 1. The first-order chi connectivity index (χ1) is 15.6. The van der Waals surface area contributed by atoms with E-state index in [-0.39, 0.29) is 5.91 Å². The van der Waals surface area contributed by atoms with Crippen molar-refractivity contribution in [3.63, 3.8) is 0 Å². The molecule has 164 valence electrons. The number of thiazole rings is 1. The summed E-state index contributed by atoms with van der Waals surface area (Å²) in [4.78, 5) is 27.1. The Morgan fingerprint density at radius 1 is 1.12 bits per heavy atom. The summed E-state index contributed by atoms with van der Waals surface area (Å²) >= 11 is 1.29. The molecular weight excluding hydrogens is 424 g/mol. The van der Waals surface area contributed by atoms with E-state index in [0.717, 1.165) is 54.2 Å². The van der Waals surface area contributed by atoms with E-state index in [2.05, 4.69) is 42.7 Å². The third kappa shape index (κ3) is 4.14. The van der Waals surface area contributed by atoms with Crippen LogP contribution in [0, 0.1) is 6.92 Å². The number of H-pyrrole nitrogens is 1. The minimum atomic E-state index is -0.202. The molecule has 0 aliphatic carbocycles. The molecule has 0 spiro atoms. The van der Waals surface area contributed by atoms with Crippen molar-refractivity contribution in [2.24, 2.45) is 0 Å². The van der Waals surface area contributed by atoms with Gasteiger partial charge in [0.1, 0.15) is 16.5 Å². The quantitative estimate of drug-likeness (QED) is 0.430. The molecule has 3 N–H and O–H groups in total. The highest BCUT2D eigenvalue weighted by Gasteiger charge is 2.17. The molecule has 0 unspecified atom stereocenters. The number of aromatic nitrogens is 4. The maximum Gasteiger partial charge on any atom is 0.267 e. The smallest absolute Gasteiger partial charge is 0.267 e. The summed E-state index contributed by atoms with van der Waals surface area (Å²) in [5, 5.41) is 14.7. The molecule has 3 aromatic heterocycles. The number of nitrogens with zero attached hydrogens (tertiary/aromatic N) is 5. The fourth-order valence-corrected chi connectivity index (χ4v) is 4.44. The number of anilines is 4. The lowest BCUT2D eigenvalue weighted by Crippen LogP contribution is -2.44. The van der Waals surface area contributed by atoms with Crippen LogP contribution >= 0.6 is 11.3 Å². The number of hydrogen-bond donors (Lipinski definition) is 3. The fraction of sp³-hybridized carbons (Fsp3) is 0.273. The van der Waals surface area contributed by atoms with Gasteiger partial charge in [0, 0.05) is 31.6 Å². The van der Waals surface area contributed by atoms with Gasteiger partial charge in [-0.15, -0.1) is 0 Å². The van der Waals surface area contributed by atoms with Crippen molar-refractivity contribution in [3.8, 4) is 0 Å². The zero-order valence-electron chi connectivity index (χ0n) is 17.9. The van der Waals surface area contributed by atoms with Gasteiger partial charge in [-0.05, 0) is 37.7 Å². The summed E-state index contributed by atoms with van der Waals surface area (Å²) in [6.45, 7) is 5.92. The second-order valence-electron chi connectivity index (χ2n) is 7.87. The Bertz CT molecular complexity index is 1260. The summed E-state index contributed by atoms with van der Waals surface area (Å²) in [7, 11) is 2.13. The normalized spacial score (nSPS) is 14.6.